The maximum Gasteiger partial charge on any atom is 0.416 e. The van der Waals surface area contributed by atoms with Gasteiger partial charge in [-0.15, -0.1) is 0 Å². The number of alkyl halides is 3. The maximum absolute atomic E-state index is 12.6. The Kier molecular flexibility index (Phi) is 4.85. The topological polar surface area (TPSA) is 32.3 Å². The third-order valence-electron chi connectivity index (χ3n) is 5.48. The molecule has 2 fully saturated rings. The van der Waals surface area contributed by atoms with E-state index < -0.39 is 11.7 Å². The van der Waals surface area contributed by atoms with Crippen molar-refractivity contribution in [2.24, 2.45) is 5.41 Å². The summed E-state index contributed by atoms with van der Waals surface area (Å²) in [4.78, 5) is 14.3. The molecule has 0 unspecified atom stereocenters. The van der Waals surface area contributed by atoms with Crippen LogP contribution in [0.3, 0.4) is 0 Å². The average molecular weight is 340 g/mol. The van der Waals surface area contributed by atoms with Gasteiger partial charge in [-0.3, -0.25) is 4.79 Å². The van der Waals surface area contributed by atoms with Crippen LogP contribution in [0.1, 0.15) is 36.8 Å². The Morgan fingerprint density at radius 1 is 1.04 bits per heavy atom. The van der Waals surface area contributed by atoms with E-state index in [1.54, 1.807) is 0 Å². The zero-order chi connectivity index (χ0) is 17.2. The maximum atomic E-state index is 12.6. The Morgan fingerprint density at radius 3 is 2.17 bits per heavy atom. The van der Waals surface area contributed by atoms with Crippen LogP contribution in [0.5, 0.6) is 0 Å². The number of hydrogen-bond acceptors (Lipinski definition) is 2. The molecule has 1 amide bonds. The van der Waals surface area contributed by atoms with Crippen molar-refractivity contribution in [3.8, 4) is 0 Å². The summed E-state index contributed by atoms with van der Waals surface area (Å²) < 4.78 is 37.7. The highest BCUT2D eigenvalue weighted by molar-refractivity contribution is 5.78. The summed E-state index contributed by atoms with van der Waals surface area (Å²) >= 11 is 0. The predicted octanol–water partition coefficient (Wildman–Crippen LogP) is 3.24. The van der Waals surface area contributed by atoms with Crippen LogP contribution in [-0.4, -0.2) is 37.0 Å². The molecule has 2 saturated heterocycles. The number of nitrogens with one attached hydrogen (secondary N) is 1. The minimum absolute atomic E-state index is 0.0125. The largest absolute Gasteiger partial charge is 0.416 e. The van der Waals surface area contributed by atoms with Gasteiger partial charge in [-0.05, 0) is 61.9 Å². The summed E-state index contributed by atoms with van der Waals surface area (Å²) in [5.41, 5.74) is 0.343. The minimum atomic E-state index is -4.33. The number of piperidine rings is 2. The van der Waals surface area contributed by atoms with Gasteiger partial charge in [-0.25, -0.2) is 0 Å². The lowest BCUT2D eigenvalue weighted by Crippen LogP contribution is -2.47. The van der Waals surface area contributed by atoms with Crippen LogP contribution in [-0.2, 0) is 17.4 Å². The van der Waals surface area contributed by atoms with Gasteiger partial charge in [0.2, 0.25) is 5.91 Å². The Labute approximate surface area is 140 Å². The number of hydrogen-bond donors (Lipinski definition) is 1. The van der Waals surface area contributed by atoms with E-state index in [1.807, 2.05) is 4.90 Å². The number of carbonyl (C=O) groups excluding carboxylic acids is 1. The fraction of sp³-hybridized carbons (Fsp3) is 0.611. The molecule has 2 aliphatic rings. The average Bonchev–Trinajstić information content (AvgIpc) is 2.56. The Balaban J connectivity index is 1.54. The van der Waals surface area contributed by atoms with Crippen molar-refractivity contribution in [3.63, 3.8) is 0 Å². The van der Waals surface area contributed by atoms with Gasteiger partial charge in [0.1, 0.15) is 0 Å². The molecule has 0 aromatic heterocycles. The quantitative estimate of drug-likeness (QED) is 0.896. The summed E-state index contributed by atoms with van der Waals surface area (Å²) in [5, 5.41) is 3.38. The Hall–Kier alpha value is -1.56. The molecule has 3 nitrogen and oxygen atoms in total. The molecule has 24 heavy (non-hydrogen) atoms. The highest BCUT2D eigenvalue weighted by atomic mass is 19.4. The van der Waals surface area contributed by atoms with E-state index in [4.69, 9.17) is 0 Å². The highest BCUT2D eigenvalue weighted by Gasteiger charge is 2.36. The molecule has 6 heteroatoms. The zero-order valence-corrected chi connectivity index (χ0v) is 13.7. The van der Waals surface area contributed by atoms with Crippen LogP contribution >= 0.6 is 0 Å². The van der Waals surface area contributed by atoms with Crippen molar-refractivity contribution in [1.82, 2.24) is 10.2 Å². The zero-order valence-electron chi connectivity index (χ0n) is 13.7. The van der Waals surface area contributed by atoms with Gasteiger partial charge in [0.25, 0.3) is 0 Å². The molecule has 2 heterocycles. The number of carbonyl (C=O) groups is 1. The fourth-order valence-corrected chi connectivity index (χ4v) is 3.79. The molecule has 0 aliphatic carbocycles. The van der Waals surface area contributed by atoms with Crippen molar-refractivity contribution < 1.29 is 18.0 Å². The SMILES string of the molecule is O=C(Cc1ccc(C(F)(F)F)cc1)N1CCC2(CCNCC2)CC1. The normalized spacial score (nSPS) is 21.0. The van der Waals surface area contributed by atoms with Crippen LogP contribution in [0.15, 0.2) is 24.3 Å². The molecule has 0 atom stereocenters. The van der Waals surface area contributed by atoms with Crippen molar-refractivity contribution in [2.45, 2.75) is 38.3 Å². The number of benzene rings is 1. The fourth-order valence-electron chi connectivity index (χ4n) is 3.79. The number of rotatable bonds is 2. The third kappa shape index (κ3) is 3.91. The van der Waals surface area contributed by atoms with Crippen LogP contribution in [0.2, 0.25) is 0 Å². The van der Waals surface area contributed by atoms with E-state index >= 15 is 0 Å². The van der Waals surface area contributed by atoms with Crippen molar-refractivity contribution in [1.29, 1.82) is 0 Å². The molecule has 2 aliphatic heterocycles. The first-order chi connectivity index (χ1) is 11.4. The second-order valence-electron chi connectivity index (χ2n) is 7.00. The van der Waals surface area contributed by atoms with Crippen LogP contribution < -0.4 is 5.32 Å². The summed E-state index contributed by atoms with van der Waals surface area (Å²) in [6.07, 6.45) is 0.258. The van der Waals surface area contributed by atoms with Crippen LogP contribution in [0.25, 0.3) is 0 Å². The second-order valence-corrected chi connectivity index (χ2v) is 7.00. The summed E-state index contributed by atoms with van der Waals surface area (Å²) in [5.74, 6) is 0.0125. The summed E-state index contributed by atoms with van der Waals surface area (Å²) in [7, 11) is 0. The number of amides is 1. The summed E-state index contributed by atoms with van der Waals surface area (Å²) in [6, 6.07) is 4.89. The van der Waals surface area contributed by atoms with E-state index in [1.165, 1.54) is 25.0 Å². The van der Waals surface area contributed by atoms with Gasteiger partial charge in [0, 0.05) is 13.1 Å². The second kappa shape index (κ2) is 6.75. The van der Waals surface area contributed by atoms with Crippen LogP contribution in [0.4, 0.5) is 13.2 Å². The Morgan fingerprint density at radius 2 is 1.62 bits per heavy atom. The van der Waals surface area contributed by atoms with E-state index in [2.05, 4.69) is 5.32 Å². The standard InChI is InChI=1S/C18H23F3N2O/c19-18(20,21)15-3-1-14(2-4-15)13-16(24)23-11-7-17(8-12-23)5-9-22-10-6-17/h1-4,22H,5-13H2. The van der Waals surface area contributed by atoms with Gasteiger partial charge in [-0.1, -0.05) is 12.1 Å². The number of likely N-dealkylation sites (tertiary alicyclic amines) is 1. The molecule has 1 aromatic rings. The Bertz CT molecular complexity index is 567. The molecule has 1 aromatic carbocycles. The third-order valence-corrected chi connectivity index (χ3v) is 5.48. The molecule has 1 spiro atoms. The first kappa shape index (κ1) is 17.3. The van der Waals surface area contributed by atoms with Gasteiger partial charge in [0.15, 0.2) is 0 Å². The van der Waals surface area contributed by atoms with Crippen molar-refractivity contribution in [2.75, 3.05) is 26.2 Å². The van der Waals surface area contributed by atoms with Crippen LogP contribution in [0, 0.1) is 5.41 Å². The van der Waals surface area contributed by atoms with Crippen molar-refractivity contribution >= 4 is 5.91 Å². The lowest BCUT2D eigenvalue weighted by molar-refractivity contribution is -0.137. The lowest BCUT2D eigenvalue weighted by atomic mass is 9.71. The van der Waals surface area contributed by atoms with Crippen molar-refractivity contribution in [3.05, 3.63) is 35.4 Å². The molecule has 0 saturated carbocycles. The van der Waals surface area contributed by atoms with Gasteiger partial charge < -0.3 is 10.2 Å². The number of halogens is 3. The van der Waals surface area contributed by atoms with Gasteiger partial charge in [-0.2, -0.15) is 13.2 Å². The monoisotopic (exact) mass is 340 g/mol. The first-order valence-corrected chi connectivity index (χ1v) is 8.53. The number of nitrogens with zero attached hydrogens (tertiary/aromatic N) is 1. The van der Waals surface area contributed by atoms with E-state index in [-0.39, 0.29) is 12.3 Å². The minimum Gasteiger partial charge on any atom is -0.342 e. The van der Waals surface area contributed by atoms with E-state index in [9.17, 15) is 18.0 Å². The van der Waals surface area contributed by atoms with E-state index in [0.29, 0.717) is 11.0 Å². The molecular weight excluding hydrogens is 317 g/mol. The molecule has 3 rings (SSSR count). The molecular formula is C18H23F3N2O. The lowest BCUT2D eigenvalue weighted by Gasteiger charge is -2.44. The van der Waals surface area contributed by atoms with E-state index in [0.717, 1.165) is 51.2 Å². The predicted molar refractivity (Wildman–Crippen MR) is 85.5 cm³/mol. The molecule has 0 bridgehead atoms. The molecule has 132 valence electrons. The smallest absolute Gasteiger partial charge is 0.342 e. The first-order valence-electron chi connectivity index (χ1n) is 8.53. The van der Waals surface area contributed by atoms with Gasteiger partial charge >= 0.3 is 6.18 Å². The molecule has 0 radical (unpaired) electrons. The molecule has 1 N–H and O–H groups in total. The van der Waals surface area contributed by atoms with Gasteiger partial charge in [0.05, 0.1) is 12.0 Å². The summed E-state index contributed by atoms with van der Waals surface area (Å²) in [6.45, 7) is 3.64. The highest BCUT2D eigenvalue weighted by Crippen LogP contribution is 2.39.